The second-order valence-corrected chi connectivity index (χ2v) is 7.54. The van der Waals surface area contributed by atoms with Gasteiger partial charge >= 0.3 is 0 Å². The number of pyridine rings is 1. The maximum atomic E-state index is 10.9. The van der Waals surface area contributed by atoms with E-state index >= 15 is 0 Å². The molecule has 2 bridgehead atoms. The van der Waals surface area contributed by atoms with Crippen LogP contribution in [0.25, 0.3) is 16.6 Å². The van der Waals surface area contributed by atoms with Crippen molar-refractivity contribution in [2.45, 2.75) is 31.1 Å². The van der Waals surface area contributed by atoms with E-state index in [2.05, 4.69) is 4.98 Å². The molecule has 2 aromatic heterocycles. The third-order valence-electron chi connectivity index (χ3n) is 6.50. The van der Waals surface area contributed by atoms with Crippen LogP contribution >= 0.6 is 0 Å². The molecule has 2 N–H and O–H groups in total. The highest BCUT2D eigenvalue weighted by Gasteiger charge is 2.58. The fraction of sp³-hybridized carbons (Fsp3) is 0.350. The van der Waals surface area contributed by atoms with E-state index in [1.165, 1.54) is 6.42 Å². The number of fused-ring (bicyclic) bond motifs is 2. The van der Waals surface area contributed by atoms with Crippen molar-refractivity contribution in [3.05, 3.63) is 47.7 Å². The van der Waals surface area contributed by atoms with Crippen LogP contribution in [-0.4, -0.2) is 19.8 Å². The Bertz CT molecular complexity index is 967. The quantitative estimate of drug-likeness (QED) is 0.712. The van der Waals surface area contributed by atoms with E-state index in [0.717, 1.165) is 52.4 Å². The number of benzene rings is 1. The van der Waals surface area contributed by atoms with Crippen LogP contribution in [0.5, 0.6) is 11.8 Å². The van der Waals surface area contributed by atoms with E-state index in [4.69, 9.17) is 0 Å². The zero-order valence-electron chi connectivity index (χ0n) is 13.2. The Morgan fingerprint density at radius 3 is 2.38 bits per heavy atom. The summed E-state index contributed by atoms with van der Waals surface area (Å²) in [5.41, 5.74) is 3.76. The molecule has 0 radical (unpaired) electrons. The van der Waals surface area contributed by atoms with Crippen molar-refractivity contribution in [2.75, 3.05) is 0 Å². The Labute approximate surface area is 139 Å². The molecule has 0 unspecified atom stereocenters. The lowest BCUT2D eigenvalue weighted by atomic mass is 9.68. The van der Waals surface area contributed by atoms with Crippen LogP contribution in [0, 0.1) is 11.8 Å². The van der Waals surface area contributed by atoms with Crippen molar-refractivity contribution in [1.29, 1.82) is 0 Å². The van der Waals surface area contributed by atoms with Gasteiger partial charge in [0.25, 0.3) is 0 Å². The highest BCUT2D eigenvalue weighted by atomic mass is 16.3. The molecule has 3 aromatic rings. The topological polar surface area (TPSA) is 58.3 Å². The van der Waals surface area contributed by atoms with Crippen molar-refractivity contribution in [1.82, 2.24) is 9.55 Å². The van der Waals surface area contributed by atoms with E-state index in [1.807, 2.05) is 30.3 Å². The monoisotopic (exact) mass is 318 g/mol. The van der Waals surface area contributed by atoms with Gasteiger partial charge in [-0.25, -0.2) is 0 Å². The molecule has 120 valence electrons. The molecular formula is C20H18N2O2. The molecule has 4 heteroatoms. The Morgan fingerprint density at radius 1 is 0.958 bits per heavy atom. The maximum Gasteiger partial charge on any atom is 0.202 e. The lowest BCUT2D eigenvalue weighted by Gasteiger charge is -2.35. The molecule has 2 saturated carbocycles. The van der Waals surface area contributed by atoms with Gasteiger partial charge in [-0.2, -0.15) is 0 Å². The summed E-state index contributed by atoms with van der Waals surface area (Å²) in [5.74, 6) is 2.82. The van der Waals surface area contributed by atoms with E-state index in [0.29, 0.717) is 11.8 Å². The van der Waals surface area contributed by atoms with Crippen LogP contribution in [0.4, 0.5) is 0 Å². The molecule has 0 amide bonds. The summed E-state index contributed by atoms with van der Waals surface area (Å²) in [6.45, 7) is 0. The van der Waals surface area contributed by atoms with Gasteiger partial charge < -0.3 is 10.2 Å². The fourth-order valence-corrected chi connectivity index (χ4v) is 5.43. The lowest BCUT2D eigenvalue weighted by Crippen LogP contribution is -2.22. The first-order valence-corrected chi connectivity index (χ1v) is 8.75. The van der Waals surface area contributed by atoms with E-state index in [9.17, 15) is 10.2 Å². The summed E-state index contributed by atoms with van der Waals surface area (Å²) >= 11 is 0. The normalized spacial score (nSPS) is 29.5. The van der Waals surface area contributed by atoms with Crippen molar-refractivity contribution >= 4 is 10.9 Å². The molecular weight excluding hydrogens is 300 g/mol. The van der Waals surface area contributed by atoms with Crippen molar-refractivity contribution in [3.63, 3.8) is 0 Å². The Kier molecular flexibility index (Phi) is 2.21. The van der Waals surface area contributed by atoms with Gasteiger partial charge in [0.2, 0.25) is 11.8 Å². The predicted molar refractivity (Wildman–Crippen MR) is 90.7 cm³/mol. The summed E-state index contributed by atoms with van der Waals surface area (Å²) in [6, 6.07) is 9.75. The molecule has 0 spiro atoms. The van der Waals surface area contributed by atoms with Gasteiger partial charge in [0.15, 0.2) is 0 Å². The van der Waals surface area contributed by atoms with Crippen LogP contribution in [0.15, 0.2) is 36.5 Å². The Hall–Kier alpha value is -2.49. The molecule has 7 rings (SSSR count). The minimum absolute atomic E-state index is 0.241. The molecule has 0 saturated heterocycles. The first-order valence-electron chi connectivity index (χ1n) is 8.75. The second kappa shape index (κ2) is 4.12. The van der Waals surface area contributed by atoms with E-state index in [-0.39, 0.29) is 11.8 Å². The SMILES string of the molecule is Oc1c2c(c(O)n1-c1ccc3ncccc3c1)[C@@H]1CC[C@H]2[C@H]2C[C@H]21. The Morgan fingerprint density at radius 2 is 1.67 bits per heavy atom. The maximum absolute atomic E-state index is 10.9. The third-order valence-corrected chi connectivity index (χ3v) is 6.50. The molecule has 24 heavy (non-hydrogen) atoms. The van der Waals surface area contributed by atoms with Crippen LogP contribution in [0.2, 0.25) is 0 Å². The summed E-state index contributed by atoms with van der Waals surface area (Å²) in [6.07, 6.45) is 5.34. The van der Waals surface area contributed by atoms with Gasteiger partial charge in [-0.1, -0.05) is 6.07 Å². The molecule has 1 aromatic carbocycles. The number of nitrogens with zero attached hydrogens (tertiary/aromatic N) is 2. The Balaban J connectivity index is 1.60. The largest absolute Gasteiger partial charge is 0.494 e. The van der Waals surface area contributed by atoms with Crippen LogP contribution in [-0.2, 0) is 0 Å². The number of hydrogen-bond acceptors (Lipinski definition) is 3. The minimum atomic E-state index is 0.241. The predicted octanol–water partition coefficient (Wildman–Crippen LogP) is 4.05. The third kappa shape index (κ3) is 1.42. The molecule has 2 fully saturated rings. The van der Waals surface area contributed by atoms with Gasteiger partial charge in [-0.3, -0.25) is 9.55 Å². The van der Waals surface area contributed by atoms with Gasteiger partial charge in [0, 0.05) is 22.7 Å². The smallest absolute Gasteiger partial charge is 0.202 e. The highest BCUT2D eigenvalue weighted by Crippen LogP contribution is 2.70. The number of aromatic nitrogens is 2. The summed E-state index contributed by atoms with van der Waals surface area (Å²) < 4.78 is 1.63. The molecule has 4 aliphatic rings. The molecule has 0 aliphatic heterocycles. The second-order valence-electron chi connectivity index (χ2n) is 7.54. The minimum Gasteiger partial charge on any atom is -0.494 e. The first-order chi connectivity index (χ1) is 11.7. The zero-order chi connectivity index (χ0) is 16.0. The summed E-state index contributed by atoms with van der Waals surface area (Å²) in [7, 11) is 0. The average molecular weight is 318 g/mol. The van der Waals surface area contributed by atoms with Gasteiger partial charge in [0.1, 0.15) is 0 Å². The average Bonchev–Trinajstić information content (AvgIpc) is 3.39. The van der Waals surface area contributed by atoms with Crippen molar-refractivity contribution in [3.8, 4) is 17.4 Å². The molecule has 4 atom stereocenters. The summed E-state index contributed by atoms with van der Waals surface area (Å²) in [4.78, 5) is 4.34. The lowest BCUT2D eigenvalue weighted by molar-refractivity contribution is 0.322. The van der Waals surface area contributed by atoms with Crippen LogP contribution in [0.3, 0.4) is 0 Å². The number of aromatic hydroxyl groups is 2. The standard InChI is InChI=1S/C20H18N2O2/c23-19-17-12-4-5-13(15-9-14(12)15)18(17)20(24)22(19)11-3-6-16-10(8-11)2-1-7-21-16/h1-3,6-8,12-15,23-24H,4-5,9H2/t12-,13+,14+,15-. The first kappa shape index (κ1) is 12.9. The van der Waals surface area contributed by atoms with Crippen LogP contribution in [0.1, 0.15) is 42.2 Å². The number of rotatable bonds is 1. The molecule has 2 heterocycles. The highest BCUT2D eigenvalue weighted by molar-refractivity contribution is 5.81. The van der Waals surface area contributed by atoms with Gasteiger partial charge in [0.05, 0.1) is 11.2 Å². The fourth-order valence-electron chi connectivity index (χ4n) is 5.43. The zero-order valence-corrected chi connectivity index (χ0v) is 13.2. The van der Waals surface area contributed by atoms with Gasteiger partial charge in [-0.15, -0.1) is 0 Å². The van der Waals surface area contributed by atoms with Crippen LogP contribution < -0.4 is 0 Å². The van der Waals surface area contributed by atoms with Gasteiger partial charge in [-0.05, 0) is 67.2 Å². The molecule has 4 aliphatic carbocycles. The van der Waals surface area contributed by atoms with Crippen molar-refractivity contribution in [2.24, 2.45) is 11.8 Å². The molecule has 4 nitrogen and oxygen atoms in total. The van der Waals surface area contributed by atoms with E-state index < -0.39 is 0 Å². The summed E-state index contributed by atoms with van der Waals surface area (Å²) in [5, 5.41) is 22.9. The van der Waals surface area contributed by atoms with E-state index in [1.54, 1.807) is 10.8 Å². The van der Waals surface area contributed by atoms with Crippen molar-refractivity contribution < 1.29 is 10.2 Å². The number of hydrogen-bond donors (Lipinski definition) is 2.